The van der Waals surface area contributed by atoms with Crippen LogP contribution in [0.25, 0.3) is 11.0 Å². The van der Waals surface area contributed by atoms with Crippen LogP contribution in [0.5, 0.6) is 5.75 Å². The fourth-order valence-corrected chi connectivity index (χ4v) is 2.25. The summed E-state index contributed by atoms with van der Waals surface area (Å²) in [4.78, 5) is 20.6. The van der Waals surface area contributed by atoms with E-state index in [1.54, 1.807) is 12.1 Å². The molecule has 116 valence electrons. The smallest absolute Gasteiger partial charge is 0.341 e. The van der Waals surface area contributed by atoms with Crippen molar-refractivity contribution in [1.29, 1.82) is 0 Å². The lowest BCUT2D eigenvalue weighted by atomic mass is 10.1. The van der Waals surface area contributed by atoms with Crippen LogP contribution in [0.2, 0.25) is 0 Å². The molecular weight excluding hydrogens is 294 g/mol. The molecule has 1 heterocycles. The molecule has 0 saturated heterocycles. The molecule has 0 amide bonds. The van der Waals surface area contributed by atoms with Gasteiger partial charge in [0.25, 0.3) is 0 Å². The van der Waals surface area contributed by atoms with E-state index < -0.39 is 5.97 Å². The van der Waals surface area contributed by atoms with Gasteiger partial charge in [-0.05, 0) is 31.2 Å². The molecule has 23 heavy (non-hydrogen) atoms. The molecule has 6 heteroatoms. The molecule has 0 unspecified atom stereocenters. The summed E-state index contributed by atoms with van der Waals surface area (Å²) in [6, 6.07) is 12.3. The summed E-state index contributed by atoms with van der Waals surface area (Å²) in [7, 11) is 1.26. The molecule has 0 fully saturated rings. The highest BCUT2D eigenvalue weighted by atomic mass is 16.5. The van der Waals surface area contributed by atoms with Crippen molar-refractivity contribution >= 4 is 28.5 Å². The van der Waals surface area contributed by atoms with Gasteiger partial charge in [-0.3, -0.25) is 0 Å². The summed E-state index contributed by atoms with van der Waals surface area (Å²) in [5.41, 5.74) is 2.67. The number of nitrogens with one attached hydrogen (secondary N) is 1. The fraction of sp³-hybridized carbons (Fsp3) is 0.118. The number of nitrogens with zero attached hydrogens (tertiary/aromatic N) is 2. The maximum absolute atomic E-state index is 11.6. The van der Waals surface area contributed by atoms with Crippen molar-refractivity contribution in [1.82, 2.24) is 9.97 Å². The number of aryl methyl sites for hydroxylation is 1. The number of aromatic hydroxyl groups is 1. The van der Waals surface area contributed by atoms with E-state index in [0.717, 1.165) is 11.0 Å². The van der Waals surface area contributed by atoms with Crippen molar-refractivity contribution in [3.8, 4) is 5.75 Å². The highest BCUT2D eigenvalue weighted by Gasteiger charge is 2.15. The molecule has 0 aliphatic rings. The number of phenols is 1. The molecular formula is C17H15N3O3. The second-order valence-corrected chi connectivity index (χ2v) is 4.96. The number of rotatable bonds is 3. The Kier molecular flexibility index (Phi) is 3.80. The number of esters is 1. The molecule has 0 bridgehead atoms. The Labute approximate surface area is 132 Å². The van der Waals surface area contributed by atoms with Crippen LogP contribution >= 0.6 is 0 Å². The van der Waals surface area contributed by atoms with E-state index in [1.807, 2.05) is 31.2 Å². The third-order valence-electron chi connectivity index (χ3n) is 3.44. The Morgan fingerprint density at radius 3 is 2.48 bits per heavy atom. The van der Waals surface area contributed by atoms with Gasteiger partial charge in [-0.15, -0.1) is 0 Å². The number of aromatic nitrogens is 2. The van der Waals surface area contributed by atoms with E-state index in [1.165, 1.54) is 13.2 Å². The first-order valence-corrected chi connectivity index (χ1v) is 7.01. The molecule has 6 nitrogen and oxygen atoms in total. The minimum atomic E-state index is -0.604. The lowest BCUT2D eigenvalue weighted by molar-refractivity contribution is 0.0597. The number of hydrogen-bond donors (Lipinski definition) is 2. The van der Waals surface area contributed by atoms with Gasteiger partial charge in [0.2, 0.25) is 0 Å². The number of carbonyl (C=O) groups is 1. The van der Waals surface area contributed by atoms with Crippen LogP contribution < -0.4 is 5.32 Å². The molecule has 0 saturated carbocycles. The Bertz CT molecular complexity index is 893. The van der Waals surface area contributed by atoms with Gasteiger partial charge in [0.1, 0.15) is 5.56 Å². The molecule has 0 radical (unpaired) electrons. The van der Waals surface area contributed by atoms with Crippen molar-refractivity contribution in [2.24, 2.45) is 0 Å². The number of fused-ring (bicyclic) bond motifs is 1. The van der Waals surface area contributed by atoms with Crippen LogP contribution in [-0.2, 0) is 4.74 Å². The summed E-state index contributed by atoms with van der Waals surface area (Å²) in [5.74, 6) is -0.276. The summed E-state index contributed by atoms with van der Waals surface area (Å²) in [6.45, 7) is 1.82. The number of para-hydroxylation sites is 3. The minimum absolute atomic E-state index is 0.0869. The molecule has 3 rings (SSSR count). The Balaban J connectivity index is 2.02. The van der Waals surface area contributed by atoms with Crippen LogP contribution in [0.1, 0.15) is 16.1 Å². The predicted octanol–water partition coefficient (Wildman–Crippen LogP) is 3.17. The third kappa shape index (κ3) is 2.78. The van der Waals surface area contributed by atoms with Crippen molar-refractivity contribution < 1.29 is 14.6 Å². The highest BCUT2D eigenvalue weighted by Crippen LogP contribution is 2.31. The van der Waals surface area contributed by atoms with Gasteiger partial charge in [0.15, 0.2) is 11.6 Å². The summed E-state index contributed by atoms with van der Waals surface area (Å²) in [6.07, 6.45) is 0. The maximum atomic E-state index is 11.6. The number of methoxy groups -OCH3 is 1. The van der Waals surface area contributed by atoms with E-state index in [2.05, 4.69) is 20.0 Å². The van der Waals surface area contributed by atoms with Gasteiger partial charge in [-0.2, -0.15) is 0 Å². The number of hydrogen-bond acceptors (Lipinski definition) is 6. The maximum Gasteiger partial charge on any atom is 0.341 e. The SMILES string of the molecule is COC(=O)c1cccc(Nc2nc3ccccc3nc2C)c1O. The van der Waals surface area contributed by atoms with Gasteiger partial charge in [-0.1, -0.05) is 18.2 Å². The summed E-state index contributed by atoms with van der Waals surface area (Å²) >= 11 is 0. The quantitative estimate of drug-likeness (QED) is 0.571. The van der Waals surface area contributed by atoms with Crippen LogP contribution in [0, 0.1) is 6.92 Å². The molecule has 0 aliphatic heterocycles. The Morgan fingerprint density at radius 1 is 1.09 bits per heavy atom. The molecule has 1 aromatic heterocycles. The number of anilines is 2. The van der Waals surface area contributed by atoms with Gasteiger partial charge >= 0.3 is 5.97 Å². The topological polar surface area (TPSA) is 84.3 Å². The van der Waals surface area contributed by atoms with E-state index in [0.29, 0.717) is 17.2 Å². The van der Waals surface area contributed by atoms with Gasteiger partial charge in [0, 0.05) is 0 Å². The molecule has 2 aromatic carbocycles. The van der Waals surface area contributed by atoms with E-state index in [-0.39, 0.29) is 11.3 Å². The van der Waals surface area contributed by atoms with Crippen molar-refractivity contribution in [2.45, 2.75) is 6.92 Å². The van der Waals surface area contributed by atoms with Gasteiger partial charge < -0.3 is 15.2 Å². The van der Waals surface area contributed by atoms with Crippen molar-refractivity contribution in [3.05, 3.63) is 53.7 Å². The van der Waals surface area contributed by atoms with Crippen LogP contribution in [0.15, 0.2) is 42.5 Å². The molecule has 0 spiro atoms. The number of ether oxygens (including phenoxy) is 1. The second kappa shape index (κ2) is 5.92. The largest absolute Gasteiger partial charge is 0.505 e. The lowest BCUT2D eigenvalue weighted by Gasteiger charge is -2.12. The van der Waals surface area contributed by atoms with E-state index >= 15 is 0 Å². The number of phenolic OH excluding ortho intramolecular Hbond substituents is 1. The van der Waals surface area contributed by atoms with Crippen LogP contribution in [0.4, 0.5) is 11.5 Å². The summed E-state index contributed by atoms with van der Waals surface area (Å²) < 4.78 is 4.65. The zero-order chi connectivity index (χ0) is 16.4. The average molecular weight is 309 g/mol. The predicted molar refractivity (Wildman–Crippen MR) is 87.0 cm³/mol. The molecule has 0 aliphatic carbocycles. The average Bonchev–Trinajstić information content (AvgIpc) is 2.56. The standard InChI is InChI=1S/C17H15N3O3/c1-10-16(19-13-8-4-3-7-12(13)18-10)20-14-9-5-6-11(15(14)21)17(22)23-2/h3-9,21H,1-2H3,(H,19,20). The molecule has 2 N–H and O–H groups in total. The van der Waals surface area contributed by atoms with Crippen LogP contribution in [0.3, 0.4) is 0 Å². The van der Waals surface area contributed by atoms with Crippen molar-refractivity contribution in [2.75, 3.05) is 12.4 Å². The van der Waals surface area contributed by atoms with Gasteiger partial charge in [0.05, 0.1) is 29.5 Å². The fourth-order valence-electron chi connectivity index (χ4n) is 2.25. The normalized spacial score (nSPS) is 10.5. The highest BCUT2D eigenvalue weighted by molar-refractivity contribution is 5.95. The first-order valence-electron chi connectivity index (χ1n) is 7.01. The zero-order valence-corrected chi connectivity index (χ0v) is 12.7. The first kappa shape index (κ1) is 14.8. The lowest BCUT2D eigenvalue weighted by Crippen LogP contribution is -2.04. The van der Waals surface area contributed by atoms with Gasteiger partial charge in [-0.25, -0.2) is 14.8 Å². The van der Waals surface area contributed by atoms with E-state index in [9.17, 15) is 9.90 Å². The van der Waals surface area contributed by atoms with E-state index in [4.69, 9.17) is 0 Å². The van der Waals surface area contributed by atoms with Crippen molar-refractivity contribution in [3.63, 3.8) is 0 Å². The monoisotopic (exact) mass is 309 g/mol. The first-order chi connectivity index (χ1) is 11.1. The number of benzene rings is 2. The Hall–Kier alpha value is -3.15. The number of carbonyl (C=O) groups excluding carboxylic acids is 1. The third-order valence-corrected chi connectivity index (χ3v) is 3.44. The zero-order valence-electron chi connectivity index (χ0n) is 12.7. The minimum Gasteiger partial charge on any atom is -0.505 e. The molecule has 3 aromatic rings. The van der Waals surface area contributed by atoms with Crippen LogP contribution in [-0.4, -0.2) is 28.2 Å². The molecule has 0 atom stereocenters. The summed E-state index contributed by atoms with van der Waals surface area (Å²) in [5, 5.41) is 13.3. The second-order valence-electron chi connectivity index (χ2n) is 4.96. The Morgan fingerprint density at radius 2 is 1.78 bits per heavy atom.